The monoisotopic (exact) mass is 247 g/mol. The Labute approximate surface area is 104 Å². The molecular weight excluding hydrogens is 234 g/mol. The predicted molar refractivity (Wildman–Crippen MR) is 68.6 cm³/mol. The number of aromatic nitrogens is 2. The molecule has 0 aromatic carbocycles. The highest BCUT2D eigenvalue weighted by atomic mass is 32.1. The summed E-state index contributed by atoms with van der Waals surface area (Å²) < 4.78 is 0. The molecule has 0 N–H and O–H groups in total. The van der Waals surface area contributed by atoms with Crippen molar-refractivity contribution in [3.63, 3.8) is 0 Å². The number of carbonyl (C=O) groups is 1. The first-order valence-corrected chi connectivity index (χ1v) is 6.10. The quantitative estimate of drug-likeness (QED) is 0.818. The largest absolute Gasteiger partial charge is 0.286 e. The molecule has 2 aromatic rings. The lowest BCUT2D eigenvalue weighted by Crippen LogP contribution is -2.27. The highest BCUT2D eigenvalue weighted by molar-refractivity contribution is 7.14. The van der Waals surface area contributed by atoms with Gasteiger partial charge in [-0.15, -0.1) is 11.3 Å². The van der Waals surface area contributed by atoms with Crippen LogP contribution in [0, 0.1) is 13.8 Å². The Hall–Kier alpha value is -1.75. The lowest BCUT2D eigenvalue weighted by Gasteiger charge is -2.13. The number of amides is 1. The number of nitrogens with zero attached hydrogens (tertiary/aromatic N) is 3. The molecule has 1 amide bonds. The molecule has 17 heavy (non-hydrogen) atoms. The second-order valence-corrected chi connectivity index (χ2v) is 4.64. The molecule has 2 rings (SSSR count). The summed E-state index contributed by atoms with van der Waals surface area (Å²) in [5.41, 5.74) is 2.20. The molecule has 88 valence electrons. The summed E-state index contributed by atoms with van der Waals surface area (Å²) in [5, 5.41) is 2.61. The van der Waals surface area contributed by atoms with Crippen LogP contribution in [-0.4, -0.2) is 22.9 Å². The number of aryl methyl sites for hydroxylation is 2. The van der Waals surface area contributed by atoms with Crippen molar-refractivity contribution in [1.29, 1.82) is 0 Å². The van der Waals surface area contributed by atoms with Crippen LogP contribution in [0.5, 0.6) is 0 Å². The smallest absolute Gasteiger partial charge is 0.278 e. The van der Waals surface area contributed by atoms with Gasteiger partial charge in [-0.25, -0.2) is 9.97 Å². The zero-order valence-electron chi connectivity index (χ0n) is 9.97. The van der Waals surface area contributed by atoms with Crippen LogP contribution in [0.1, 0.15) is 21.9 Å². The number of carbonyl (C=O) groups excluding carboxylic acids is 1. The Morgan fingerprint density at radius 2 is 2.00 bits per heavy atom. The van der Waals surface area contributed by atoms with E-state index < -0.39 is 0 Å². The van der Waals surface area contributed by atoms with E-state index in [1.807, 2.05) is 31.4 Å². The summed E-state index contributed by atoms with van der Waals surface area (Å²) >= 11 is 1.45. The maximum Gasteiger partial charge on any atom is 0.278 e. The lowest BCUT2D eigenvalue weighted by atomic mass is 10.3. The zero-order valence-corrected chi connectivity index (χ0v) is 10.8. The van der Waals surface area contributed by atoms with Crippen LogP contribution in [0.2, 0.25) is 0 Å². The van der Waals surface area contributed by atoms with Gasteiger partial charge in [-0.1, -0.05) is 6.07 Å². The van der Waals surface area contributed by atoms with E-state index in [2.05, 4.69) is 9.97 Å². The second kappa shape index (κ2) is 4.63. The number of hydrogen-bond donors (Lipinski definition) is 0. The molecule has 0 fully saturated rings. The topological polar surface area (TPSA) is 46.1 Å². The van der Waals surface area contributed by atoms with Crippen LogP contribution in [0.4, 0.5) is 5.13 Å². The number of thiazole rings is 1. The Morgan fingerprint density at radius 1 is 1.24 bits per heavy atom. The van der Waals surface area contributed by atoms with E-state index in [9.17, 15) is 4.79 Å². The Morgan fingerprint density at radius 3 is 2.59 bits per heavy atom. The summed E-state index contributed by atoms with van der Waals surface area (Å²) in [6, 6.07) is 5.41. The highest BCUT2D eigenvalue weighted by Gasteiger charge is 2.17. The van der Waals surface area contributed by atoms with E-state index in [4.69, 9.17) is 0 Å². The van der Waals surface area contributed by atoms with Crippen molar-refractivity contribution in [2.24, 2.45) is 0 Å². The fourth-order valence-electron chi connectivity index (χ4n) is 1.42. The first-order chi connectivity index (χ1) is 8.08. The van der Waals surface area contributed by atoms with Crippen LogP contribution >= 0.6 is 11.3 Å². The SMILES string of the molecule is Cc1cccc(C(=O)N(C)c2nc(C)cs2)n1. The Bertz CT molecular complexity index is 550. The number of pyridine rings is 1. The normalized spacial score (nSPS) is 10.3. The number of anilines is 1. The molecule has 0 atom stereocenters. The number of rotatable bonds is 2. The van der Waals surface area contributed by atoms with Gasteiger partial charge in [0.2, 0.25) is 0 Å². The van der Waals surface area contributed by atoms with Crippen LogP contribution in [0.15, 0.2) is 23.6 Å². The highest BCUT2D eigenvalue weighted by Crippen LogP contribution is 2.20. The second-order valence-electron chi connectivity index (χ2n) is 3.80. The van der Waals surface area contributed by atoms with Gasteiger partial charge < -0.3 is 0 Å². The van der Waals surface area contributed by atoms with E-state index >= 15 is 0 Å². The number of hydrogen-bond acceptors (Lipinski definition) is 4. The first kappa shape index (κ1) is 11.7. The van der Waals surface area contributed by atoms with Gasteiger partial charge in [0.05, 0.1) is 5.69 Å². The molecule has 0 spiro atoms. The van der Waals surface area contributed by atoms with Crippen molar-refractivity contribution < 1.29 is 4.79 Å². The maximum absolute atomic E-state index is 12.1. The predicted octanol–water partition coefficient (Wildman–Crippen LogP) is 2.43. The van der Waals surface area contributed by atoms with Crippen molar-refractivity contribution in [2.45, 2.75) is 13.8 Å². The summed E-state index contributed by atoms with van der Waals surface area (Å²) in [6.07, 6.45) is 0. The van der Waals surface area contributed by atoms with E-state index in [-0.39, 0.29) is 5.91 Å². The molecule has 0 aliphatic heterocycles. The molecule has 0 radical (unpaired) electrons. The third kappa shape index (κ3) is 2.50. The molecule has 0 bridgehead atoms. The van der Waals surface area contributed by atoms with Crippen molar-refractivity contribution in [2.75, 3.05) is 11.9 Å². The van der Waals surface area contributed by atoms with Crippen molar-refractivity contribution in [3.05, 3.63) is 40.7 Å². The van der Waals surface area contributed by atoms with E-state index in [0.717, 1.165) is 11.4 Å². The van der Waals surface area contributed by atoms with Gasteiger partial charge in [0.25, 0.3) is 5.91 Å². The molecule has 0 aliphatic rings. The third-order valence-corrected chi connectivity index (χ3v) is 3.34. The van der Waals surface area contributed by atoms with Crippen LogP contribution in [0.3, 0.4) is 0 Å². The van der Waals surface area contributed by atoms with Crippen LogP contribution in [-0.2, 0) is 0 Å². The first-order valence-electron chi connectivity index (χ1n) is 5.22. The average Bonchev–Trinajstić information content (AvgIpc) is 2.74. The molecule has 0 saturated carbocycles. The molecular formula is C12H13N3OS. The van der Waals surface area contributed by atoms with Gasteiger partial charge in [0.1, 0.15) is 5.69 Å². The maximum atomic E-state index is 12.1. The van der Waals surface area contributed by atoms with Crippen molar-refractivity contribution >= 4 is 22.4 Å². The summed E-state index contributed by atoms with van der Waals surface area (Å²) in [7, 11) is 1.71. The summed E-state index contributed by atoms with van der Waals surface area (Å²) in [4.78, 5) is 22.2. The van der Waals surface area contributed by atoms with Gasteiger partial charge in [0, 0.05) is 18.1 Å². The van der Waals surface area contributed by atoms with Crippen molar-refractivity contribution in [1.82, 2.24) is 9.97 Å². The molecule has 2 aromatic heterocycles. The van der Waals surface area contributed by atoms with E-state index in [0.29, 0.717) is 10.8 Å². The summed E-state index contributed by atoms with van der Waals surface area (Å²) in [5.74, 6) is -0.136. The minimum atomic E-state index is -0.136. The van der Waals surface area contributed by atoms with Gasteiger partial charge in [-0.2, -0.15) is 0 Å². The minimum Gasteiger partial charge on any atom is -0.286 e. The van der Waals surface area contributed by atoms with E-state index in [1.165, 1.54) is 16.2 Å². The van der Waals surface area contributed by atoms with Gasteiger partial charge >= 0.3 is 0 Å². The van der Waals surface area contributed by atoms with Crippen LogP contribution in [0.25, 0.3) is 0 Å². The molecule has 2 heterocycles. The average molecular weight is 247 g/mol. The van der Waals surface area contributed by atoms with Gasteiger partial charge in [-0.05, 0) is 26.0 Å². The minimum absolute atomic E-state index is 0.136. The Balaban J connectivity index is 2.26. The van der Waals surface area contributed by atoms with Crippen molar-refractivity contribution in [3.8, 4) is 0 Å². The molecule has 4 nitrogen and oxygen atoms in total. The van der Waals surface area contributed by atoms with Gasteiger partial charge in [0.15, 0.2) is 5.13 Å². The molecule has 0 unspecified atom stereocenters. The fourth-order valence-corrected chi connectivity index (χ4v) is 2.18. The third-order valence-electron chi connectivity index (χ3n) is 2.31. The molecule has 5 heteroatoms. The zero-order chi connectivity index (χ0) is 12.4. The lowest BCUT2D eigenvalue weighted by molar-refractivity contribution is 0.0988. The van der Waals surface area contributed by atoms with E-state index in [1.54, 1.807) is 13.1 Å². The van der Waals surface area contributed by atoms with Gasteiger partial charge in [-0.3, -0.25) is 9.69 Å². The molecule has 0 saturated heterocycles. The summed E-state index contributed by atoms with van der Waals surface area (Å²) in [6.45, 7) is 3.77. The standard InChI is InChI=1S/C12H13N3OS/c1-8-5-4-6-10(13-8)11(16)15(3)12-14-9(2)7-17-12/h4-7H,1-3H3. The Kier molecular flexibility index (Phi) is 3.19. The fraction of sp³-hybridized carbons (Fsp3) is 0.250. The molecule has 0 aliphatic carbocycles. The van der Waals surface area contributed by atoms with Crippen LogP contribution < -0.4 is 4.90 Å².